The number of hydrogen-bond donors (Lipinski definition) is 0. The number of para-hydroxylation sites is 2. The number of aromatic nitrogens is 1. The van der Waals surface area contributed by atoms with Crippen LogP contribution in [0, 0.1) is 0 Å². The van der Waals surface area contributed by atoms with Crippen molar-refractivity contribution in [2.24, 2.45) is 0 Å². The fourth-order valence-corrected chi connectivity index (χ4v) is 16.7. The van der Waals surface area contributed by atoms with Gasteiger partial charge in [-0.3, -0.25) is 0 Å². The van der Waals surface area contributed by atoms with E-state index in [1.54, 1.807) is 0 Å². The van der Waals surface area contributed by atoms with E-state index in [0.717, 1.165) is 17.1 Å². The smallest absolute Gasteiger partial charge is 0.252 e. The van der Waals surface area contributed by atoms with Gasteiger partial charge in [-0.2, -0.15) is 0 Å². The highest BCUT2D eigenvalue weighted by atomic mass is 15.2. The van der Waals surface area contributed by atoms with Crippen molar-refractivity contribution < 1.29 is 0 Å². The highest BCUT2D eigenvalue weighted by Gasteiger charge is 2.45. The van der Waals surface area contributed by atoms with Crippen LogP contribution in [0.1, 0.15) is 156 Å². The van der Waals surface area contributed by atoms with Crippen LogP contribution in [0.25, 0.3) is 72.0 Å². The molecule has 4 aliphatic rings. The molecule has 12 aromatic rings. The van der Waals surface area contributed by atoms with Crippen molar-refractivity contribution in [3.63, 3.8) is 0 Å². The maximum atomic E-state index is 2.61. The van der Waals surface area contributed by atoms with Gasteiger partial charge in [0.15, 0.2) is 0 Å². The molecule has 0 spiro atoms. The molecule has 3 heterocycles. The number of nitrogens with zero attached hydrogens (tertiary/aromatic N) is 3. The Bertz CT molecular complexity index is 4710. The van der Waals surface area contributed by atoms with Crippen LogP contribution >= 0.6 is 0 Å². The van der Waals surface area contributed by atoms with Gasteiger partial charge in [-0.1, -0.05) is 267 Å². The standard InChI is InChI=1S/C90H88BN3/c1-85(2,3)65-35-23-57(24-36-65)63-33-45-80-76(53-63)91-77-54-64(58-25-37-66(38-26-58)86(4,5)6)34-46-81(77)93(68-41-29-60(30-42-68)62-32-44-73-75(52-62)90(13,14)50-48-88(73,9)10)83-56-69(94-78-21-17-15-19-70(78)71-20-16-18-22-79(71)94)55-82(84(83)91)92(80)67-39-27-59(28-40-67)61-31-43-72-74(51-61)89(11,12)49-47-87(72,7)8/h15-46,51-56H,47-50H2,1-14H3. The summed E-state index contributed by atoms with van der Waals surface area (Å²) < 4.78 is 2.52. The number of hydrogen-bond acceptors (Lipinski definition) is 2. The van der Waals surface area contributed by atoms with Gasteiger partial charge < -0.3 is 14.4 Å². The Labute approximate surface area is 559 Å². The quantitative estimate of drug-likeness (QED) is 0.147. The Kier molecular flexibility index (Phi) is 13.5. The van der Waals surface area contributed by atoms with E-state index in [1.807, 2.05) is 0 Å². The molecule has 0 saturated carbocycles. The summed E-state index contributed by atoms with van der Waals surface area (Å²) >= 11 is 0. The summed E-state index contributed by atoms with van der Waals surface area (Å²) in [4.78, 5) is 5.22. The highest BCUT2D eigenvalue weighted by molar-refractivity contribution is 7.00. The Balaban J connectivity index is 0.958. The Morgan fingerprint density at radius 2 is 0.617 bits per heavy atom. The lowest BCUT2D eigenvalue weighted by molar-refractivity contribution is 0.332. The normalized spacial score (nSPS) is 16.5. The average Bonchev–Trinajstić information content (AvgIpc) is 0.861. The first-order valence-corrected chi connectivity index (χ1v) is 34.6. The predicted molar refractivity (Wildman–Crippen MR) is 405 cm³/mol. The van der Waals surface area contributed by atoms with Gasteiger partial charge in [0, 0.05) is 44.9 Å². The topological polar surface area (TPSA) is 11.4 Å². The molecular formula is C90H88BN3. The van der Waals surface area contributed by atoms with Crippen molar-refractivity contribution in [3.05, 3.63) is 264 Å². The second-order valence-corrected chi connectivity index (χ2v) is 32.7. The highest BCUT2D eigenvalue weighted by Crippen LogP contribution is 2.52. The van der Waals surface area contributed by atoms with Crippen LogP contribution in [-0.4, -0.2) is 11.3 Å². The van der Waals surface area contributed by atoms with Crippen molar-refractivity contribution in [1.82, 2.24) is 4.57 Å². The first kappa shape index (κ1) is 59.9. The van der Waals surface area contributed by atoms with Crippen LogP contribution in [0.5, 0.6) is 0 Å². The molecule has 0 atom stereocenters. The molecule has 2 aliphatic heterocycles. The van der Waals surface area contributed by atoms with E-state index in [2.05, 4.69) is 342 Å². The SMILES string of the molecule is CC(C)(C)c1ccc(-c2ccc3c(c2)B2c4cc(-c5ccc(C(C)(C)C)cc5)ccc4N(c4ccc(-c5ccc6c(c5)C(C)(C)CCC6(C)C)cc4)c4cc(-n5c6ccccc6c6ccccc65)cc(c42)N3c2ccc(-c3ccc4c(c3)C(C)(C)CCC4(C)C)cc2)cc1. The molecule has 466 valence electrons. The zero-order valence-corrected chi connectivity index (χ0v) is 57.7. The van der Waals surface area contributed by atoms with Gasteiger partial charge in [0.2, 0.25) is 0 Å². The molecule has 0 radical (unpaired) electrons. The molecule has 3 nitrogen and oxygen atoms in total. The van der Waals surface area contributed by atoms with E-state index in [0.29, 0.717) is 0 Å². The number of fused-ring (bicyclic) bond motifs is 9. The van der Waals surface area contributed by atoms with Crippen molar-refractivity contribution in [1.29, 1.82) is 0 Å². The van der Waals surface area contributed by atoms with Gasteiger partial charge in [0.05, 0.1) is 16.7 Å². The van der Waals surface area contributed by atoms with E-state index in [4.69, 9.17) is 0 Å². The fourth-order valence-electron chi connectivity index (χ4n) is 16.7. The summed E-state index contributed by atoms with van der Waals surface area (Å²) in [7, 11) is 0. The summed E-state index contributed by atoms with van der Waals surface area (Å²) in [5.41, 5.74) is 33.3. The van der Waals surface area contributed by atoms with E-state index < -0.39 is 0 Å². The van der Waals surface area contributed by atoms with Crippen LogP contribution in [0.4, 0.5) is 34.1 Å². The number of anilines is 6. The van der Waals surface area contributed by atoms with Crippen molar-refractivity contribution >= 4 is 79.0 Å². The Morgan fingerprint density at radius 1 is 0.298 bits per heavy atom. The van der Waals surface area contributed by atoms with Crippen molar-refractivity contribution in [2.75, 3.05) is 9.80 Å². The van der Waals surface area contributed by atoms with Crippen LogP contribution in [0.3, 0.4) is 0 Å². The minimum Gasteiger partial charge on any atom is -0.311 e. The van der Waals surface area contributed by atoms with Crippen LogP contribution < -0.4 is 26.2 Å². The predicted octanol–water partition coefficient (Wildman–Crippen LogP) is 22.8. The van der Waals surface area contributed by atoms with Gasteiger partial charge in [0.25, 0.3) is 6.71 Å². The minimum absolute atomic E-state index is 0.0362. The van der Waals surface area contributed by atoms with E-state index in [9.17, 15) is 0 Å². The zero-order chi connectivity index (χ0) is 65.2. The number of benzene rings is 11. The Hall–Kier alpha value is -9.12. The lowest BCUT2D eigenvalue weighted by atomic mass is 9.33. The largest absolute Gasteiger partial charge is 0.311 e. The Morgan fingerprint density at radius 3 is 0.989 bits per heavy atom. The van der Waals surface area contributed by atoms with Gasteiger partial charge in [-0.05, 0) is 213 Å². The number of rotatable bonds is 7. The molecule has 0 bridgehead atoms. The molecule has 16 rings (SSSR count). The van der Waals surface area contributed by atoms with E-state index in [-0.39, 0.29) is 39.2 Å². The summed E-state index contributed by atoms with van der Waals surface area (Å²) in [6, 6.07) is 90.1. The molecule has 0 N–H and O–H groups in total. The molecule has 0 amide bonds. The zero-order valence-electron chi connectivity index (χ0n) is 57.7. The first-order chi connectivity index (χ1) is 44.8. The summed E-state index contributed by atoms with van der Waals surface area (Å²) in [5, 5.41) is 2.49. The monoisotopic (exact) mass is 1220 g/mol. The van der Waals surface area contributed by atoms with Crippen molar-refractivity contribution in [3.8, 4) is 50.2 Å². The van der Waals surface area contributed by atoms with E-state index >= 15 is 0 Å². The molecule has 94 heavy (non-hydrogen) atoms. The van der Waals surface area contributed by atoms with E-state index in [1.165, 1.54) is 165 Å². The maximum absolute atomic E-state index is 2.61. The molecule has 0 saturated heterocycles. The summed E-state index contributed by atoms with van der Waals surface area (Å²) in [5.74, 6) is 0. The lowest BCUT2D eigenvalue weighted by Crippen LogP contribution is -2.61. The molecule has 0 unspecified atom stereocenters. The second-order valence-electron chi connectivity index (χ2n) is 32.7. The summed E-state index contributed by atoms with van der Waals surface area (Å²) in [6.07, 6.45) is 4.75. The average molecular weight is 1220 g/mol. The van der Waals surface area contributed by atoms with Crippen LogP contribution in [0.15, 0.2) is 231 Å². The van der Waals surface area contributed by atoms with Crippen LogP contribution in [-0.2, 0) is 32.5 Å². The molecule has 1 aromatic heterocycles. The van der Waals surface area contributed by atoms with Crippen LogP contribution in [0.2, 0.25) is 0 Å². The second kappa shape index (κ2) is 21.2. The first-order valence-electron chi connectivity index (χ1n) is 34.6. The van der Waals surface area contributed by atoms with Crippen molar-refractivity contribution in [2.45, 2.75) is 155 Å². The molecular weight excluding hydrogens is 1130 g/mol. The molecule has 11 aromatic carbocycles. The maximum Gasteiger partial charge on any atom is 0.252 e. The summed E-state index contributed by atoms with van der Waals surface area (Å²) in [6.45, 7) is 33.1. The molecule has 0 fully saturated rings. The van der Waals surface area contributed by atoms with Gasteiger partial charge >= 0.3 is 0 Å². The minimum atomic E-state index is -0.137. The molecule has 4 heteroatoms. The third-order valence-electron chi connectivity index (χ3n) is 22.7. The lowest BCUT2D eigenvalue weighted by Gasteiger charge is -2.44. The van der Waals surface area contributed by atoms with Gasteiger partial charge in [-0.15, -0.1) is 0 Å². The third kappa shape index (κ3) is 9.74. The van der Waals surface area contributed by atoms with Gasteiger partial charge in [-0.25, -0.2) is 0 Å². The third-order valence-corrected chi connectivity index (χ3v) is 22.7. The fraction of sp³-hybridized carbons (Fsp3) is 0.267. The van der Waals surface area contributed by atoms with Gasteiger partial charge in [0.1, 0.15) is 0 Å². The molecule has 2 aliphatic carbocycles.